The zero-order chi connectivity index (χ0) is 12.4. The summed E-state index contributed by atoms with van der Waals surface area (Å²) in [7, 11) is 0. The molecule has 0 aliphatic rings. The summed E-state index contributed by atoms with van der Waals surface area (Å²) < 4.78 is 0. The van der Waals surface area contributed by atoms with Crippen molar-refractivity contribution < 1.29 is 0 Å². The van der Waals surface area contributed by atoms with Crippen LogP contribution >= 0.6 is 0 Å². The van der Waals surface area contributed by atoms with Gasteiger partial charge in [-0.2, -0.15) is 0 Å². The highest BCUT2D eigenvalue weighted by molar-refractivity contribution is 5.82. The molecule has 0 aliphatic carbocycles. The number of nitrogens with one attached hydrogen (secondary N) is 1. The number of aryl methyl sites for hydroxylation is 2. The van der Waals surface area contributed by atoms with Gasteiger partial charge in [-0.1, -0.05) is 32.4 Å². The molecule has 0 saturated carbocycles. The normalized spacial score (nSPS) is 11.0. The lowest BCUT2D eigenvalue weighted by Gasteiger charge is -2.09. The van der Waals surface area contributed by atoms with Crippen LogP contribution in [0.4, 0.5) is 0 Å². The second kappa shape index (κ2) is 4.74. The highest BCUT2D eigenvalue weighted by atomic mass is 16.1. The van der Waals surface area contributed by atoms with Crippen molar-refractivity contribution >= 4 is 10.9 Å². The molecular weight excluding hydrogens is 210 g/mol. The van der Waals surface area contributed by atoms with Crippen LogP contribution in [0.3, 0.4) is 0 Å². The SMILES string of the molecule is CCCc1cccc2c(=O)c(CC)c(C)[nH]c12. The Hall–Kier alpha value is -1.57. The van der Waals surface area contributed by atoms with Crippen molar-refractivity contribution in [2.45, 2.75) is 40.0 Å². The van der Waals surface area contributed by atoms with Gasteiger partial charge in [-0.15, -0.1) is 0 Å². The van der Waals surface area contributed by atoms with E-state index in [1.54, 1.807) is 0 Å². The average molecular weight is 229 g/mol. The molecule has 0 spiro atoms. The molecule has 0 radical (unpaired) electrons. The zero-order valence-electron chi connectivity index (χ0n) is 10.8. The summed E-state index contributed by atoms with van der Waals surface area (Å²) in [6, 6.07) is 6.01. The molecule has 0 fully saturated rings. The lowest BCUT2D eigenvalue weighted by Crippen LogP contribution is -2.13. The predicted molar refractivity (Wildman–Crippen MR) is 72.7 cm³/mol. The van der Waals surface area contributed by atoms with E-state index < -0.39 is 0 Å². The van der Waals surface area contributed by atoms with E-state index in [-0.39, 0.29) is 5.43 Å². The number of hydrogen-bond donors (Lipinski definition) is 1. The summed E-state index contributed by atoms with van der Waals surface area (Å²) in [6.45, 7) is 6.17. The Kier molecular flexibility index (Phi) is 3.32. The highest BCUT2D eigenvalue weighted by Crippen LogP contribution is 2.17. The first-order chi connectivity index (χ1) is 8.19. The smallest absolute Gasteiger partial charge is 0.192 e. The number of aromatic amines is 1. The molecule has 2 rings (SSSR count). The Balaban J connectivity index is 2.81. The minimum atomic E-state index is 0.191. The maximum Gasteiger partial charge on any atom is 0.192 e. The van der Waals surface area contributed by atoms with Gasteiger partial charge in [0.05, 0.1) is 5.52 Å². The van der Waals surface area contributed by atoms with Crippen molar-refractivity contribution in [2.75, 3.05) is 0 Å². The van der Waals surface area contributed by atoms with E-state index in [1.807, 2.05) is 26.0 Å². The molecular formula is C15H19NO. The van der Waals surface area contributed by atoms with Gasteiger partial charge in [-0.3, -0.25) is 4.79 Å². The molecule has 0 saturated heterocycles. The lowest BCUT2D eigenvalue weighted by atomic mass is 10.0. The molecule has 2 aromatic rings. The third-order valence-corrected chi connectivity index (χ3v) is 3.31. The molecule has 17 heavy (non-hydrogen) atoms. The molecule has 1 heterocycles. The van der Waals surface area contributed by atoms with E-state index in [9.17, 15) is 4.79 Å². The van der Waals surface area contributed by atoms with Crippen LogP contribution < -0.4 is 5.43 Å². The molecule has 0 atom stereocenters. The Bertz CT molecular complexity index is 596. The minimum absolute atomic E-state index is 0.191. The summed E-state index contributed by atoms with van der Waals surface area (Å²) in [4.78, 5) is 15.7. The Morgan fingerprint density at radius 1 is 1.24 bits per heavy atom. The molecule has 2 heteroatoms. The van der Waals surface area contributed by atoms with Gasteiger partial charge < -0.3 is 4.98 Å². The van der Waals surface area contributed by atoms with Crippen LogP contribution in [0.1, 0.15) is 37.1 Å². The Labute approximate surface area is 102 Å². The van der Waals surface area contributed by atoms with Gasteiger partial charge in [0, 0.05) is 16.6 Å². The average Bonchev–Trinajstić information content (AvgIpc) is 2.31. The molecule has 1 aromatic carbocycles. The first-order valence-electron chi connectivity index (χ1n) is 6.32. The number of H-pyrrole nitrogens is 1. The van der Waals surface area contributed by atoms with Crippen LogP contribution in [0, 0.1) is 6.92 Å². The number of fused-ring (bicyclic) bond motifs is 1. The number of rotatable bonds is 3. The molecule has 0 aliphatic heterocycles. The molecule has 0 bridgehead atoms. The number of para-hydroxylation sites is 1. The molecule has 2 nitrogen and oxygen atoms in total. The maximum absolute atomic E-state index is 12.3. The largest absolute Gasteiger partial charge is 0.358 e. The Morgan fingerprint density at radius 3 is 2.65 bits per heavy atom. The van der Waals surface area contributed by atoms with Crippen LogP contribution in [0.15, 0.2) is 23.0 Å². The fourth-order valence-electron chi connectivity index (χ4n) is 2.44. The van der Waals surface area contributed by atoms with Crippen LogP contribution in [-0.2, 0) is 12.8 Å². The van der Waals surface area contributed by atoms with Crippen LogP contribution in [0.25, 0.3) is 10.9 Å². The third-order valence-electron chi connectivity index (χ3n) is 3.31. The first kappa shape index (κ1) is 11.9. The van der Waals surface area contributed by atoms with E-state index in [4.69, 9.17) is 0 Å². The van der Waals surface area contributed by atoms with Crippen LogP contribution in [-0.4, -0.2) is 4.98 Å². The van der Waals surface area contributed by atoms with Gasteiger partial charge in [0.15, 0.2) is 5.43 Å². The second-order valence-electron chi connectivity index (χ2n) is 4.50. The van der Waals surface area contributed by atoms with Gasteiger partial charge in [0.2, 0.25) is 0 Å². The van der Waals surface area contributed by atoms with Gasteiger partial charge >= 0.3 is 0 Å². The Morgan fingerprint density at radius 2 is 2.00 bits per heavy atom. The highest BCUT2D eigenvalue weighted by Gasteiger charge is 2.09. The number of benzene rings is 1. The zero-order valence-corrected chi connectivity index (χ0v) is 10.8. The summed E-state index contributed by atoms with van der Waals surface area (Å²) in [5, 5.41) is 0.832. The van der Waals surface area contributed by atoms with Crippen molar-refractivity contribution in [3.63, 3.8) is 0 Å². The second-order valence-corrected chi connectivity index (χ2v) is 4.50. The van der Waals surface area contributed by atoms with Crippen molar-refractivity contribution in [1.82, 2.24) is 4.98 Å². The fourth-order valence-corrected chi connectivity index (χ4v) is 2.44. The summed E-state index contributed by atoms with van der Waals surface area (Å²) in [6.07, 6.45) is 2.89. The number of pyridine rings is 1. The molecule has 1 N–H and O–H groups in total. The molecule has 1 aromatic heterocycles. The van der Waals surface area contributed by atoms with Crippen LogP contribution in [0.2, 0.25) is 0 Å². The van der Waals surface area contributed by atoms with Gasteiger partial charge in [-0.05, 0) is 31.4 Å². The summed E-state index contributed by atoms with van der Waals surface area (Å²) in [5.41, 5.74) is 4.37. The third kappa shape index (κ3) is 1.99. The number of aromatic nitrogens is 1. The lowest BCUT2D eigenvalue weighted by molar-refractivity contribution is 0.923. The van der Waals surface area contributed by atoms with Gasteiger partial charge in [0.1, 0.15) is 0 Å². The topological polar surface area (TPSA) is 32.9 Å². The number of hydrogen-bond acceptors (Lipinski definition) is 1. The van der Waals surface area contributed by atoms with E-state index >= 15 is 0 Å². The standard InChI is InChI=1S/C15H19NO/c1-4-7-11-8-6-9-13-14(11)16-10(3)12(5-2)15(13)17/h6,8-9H,4-5,7H2,1-3H3,(H,16,17). The van der Waals surface area contributed by atoms with Crippen molar-refractivity contribution in [3.8, 4) is 0 Å². The fraction of sp³-hybridized carbons (Fsp3) is 0.400. The van der Waals surface area contributed by atoms with Crippen molar-refractivity contribution in [3.05, 3.63) is 45.2 Å². The first-order valence-corrected chi connectivity index (χ1v) is 6.32. The minimum Gasteiger partial charge on any atom is -0.358 e. The van der Waals surface area contributed by atoms with E-state index in [0.717, 1.165) is 41.4 Å². The van der Waals surface area contributed by atoms with Crippen molar-refractivity contribution in [1.29, 1.82) is 0 Å². The maximum atomic E-state index is 12.3. The quantitative estimate of drug-likeness (QED) is 0.860. The van der Waals surface area contributed by atoms with Gasteiger partial charge in [0.25, 0.3) is 0 Å². The van der Waals surface area contributed by atoms with Crippen molar-refractivity contribution in [2.24, 2.45) is 0 Å². The van der Waals surface area contributed by atoms with E-state index in [1.165, 1.54) is 5.56 Å². The van der Waals surface area contributed by atoms with E-state index in [2.05, 4.69) is 18.0 Å². The van der Waals surface area contributed by atoms with Crippen LogP contribution in [0.5, 0.6) is 0 Å². The van der Waals surface area contributed by atoms with E-state index in [0.29, 0.717) is 0 Å². The predicted octanol–water partition coefficient (Wildman–Crippen LogP) is 3.35. The molecule has 0 amide bonds. The molecule has 0 unspecified atom stereocenters. The summed E-state index contributed by atoms with van der Waals surface area (Å²) in [5.74, 6) is 0. The van der Waals surface area contributed by atoms with Gasteiger partial charge in [-0.25, -0.2) is 0 Å². The monoisotopic (exact) mass is 229 g/mol. The molecule has 90 valence electrons. The summed E-state index contributed by atoms with van der Waals surface area (Å²) >= 11 is 0.